The minimum atomic E-state index is -2.33. The highest BCUT2D eigenvalue weighted by molar-refractivity contribution is 6.76. The largest absolute Gasteiger partial charge is 0.496 e. The number of methoxy groups -OCH3 is 1. The summed E-state index contributed by atoms with van der Waals surface area (Å²) in [6.07, 6.45) is 1.89. The molecule has 29 heavy (non-hydrogen) atoms. The number of carboxylic acids is 1. The molecule has 2 N–H and O–H groups in total. The Balaban J connectivity index is 2.87. The maximum absolute atomic E-state index is 12.4. The summed E-state index contributed by atoms with van der Waals surface area (Å²) in [5.41, 5.74) is 1.86. The second-order valence-corrected chi connectivity index (χ2v) is 8.84. The van der Waals surface area contributed by atoms with Crippen LogP contribution in [0.2, 0.25) is 0 Å². The molecule has 0 aliphatic carbocycles. The minimum absolute atomic E-state index is 0.0327. The molecule has 2 rings (SSSR count). The third-order valence-electron chi connectivity index (χ3n) is 4.78. The van der Waals surface area contributed by atoms with Crippen molar-refractivity contribution in [3.05, 3.63) is 33.9 Å². The number of halogens is 3. The van der Waals surface area contributed by atoms with Gasteiger partial charge in [-0.25, -0.2) is 4.79 Å². The molecular weight excluding hydrogens is 445 g/mol. The van der Waals surface area contributed by atoms with Gasteiger partial charge in [-0.05, 0) is 32.8 Å². The van der Waals surface area contributed by atoms with Crippen LogP contribution >= 0.6 is 34.8 Å². The average molecular weight is 465 g/mol. The van der Waals surface area contributed by atoms with Crippen molar-refractivity contribution in [2.45, 2.75) is 43.5 Å². The molecule has 1 aliphatic rings. The Kier molecular flexibility index (Phi) is 7.09. The third kappa shape index (κ3) is 4.63. The van der Waals surface area contributed by atoms with Crippen molar-refractivity contribution in [1.82, 2.24) is 0 Å². The van der Waals surface area contributed by atoms with Crippen LogP contribution in [0.3, 0.4) is 0 Å². The number of carboxylic acid groups (broad SMARTS) is 1. The van der Waals surface area contributed by atoms with Crippen molar-refractivity contribution in [2.24, 2.45) is 0 Å². The Bertz CT molecular complexity index is 904. The summed E-state index contributed by atoms with van der Waals surface area (Å²) >= 11 is 17.0. The summed E-state index contributed by atoms with van der Waals surface area (Å²) in [7, 11) is 1.37. The highest BCUT2D eigenvalue weighted by atomic mass is 35.6. The first-order valence-electron chi connectivity index (χ1n) is 8.57. The number of esters is 1. The van der Waals surface area contributed by atoms with E-state index in [1.54, 1.807) is 26.8 Å². The fourth-order valence-electron chi connectivity index (χ4n) is 3.20. The van der Waals surface area contributed by atoms with Crippen molar-refractivity contribution >= 4 is 58.3 Å². The zero-order valence-electron chi connectivity index (χ0n) is 16.2. The molecule has 0 aromatic heterocycles. The smallest absolute Gasteiger partial charge is 0.341 e. The number of hydrogen-bond acceptors (Lipinski definition) is 5. The van der Waals surface area contributed by atoms with Crippen LogP contribution in [-0.4, -0.2) is 33.9 Å². The van der Waals surface area contributed by atoms with E-state index in [1.165, 1.54) is 7.11 Å². The van der Waals surface area contributed by atoms with E-state index in [0.717, 1.165) is 5.57 Å². The van der Waals surface area contributed by atoms with Crippen LogP contribution in [0.4, 0.5) is 5.69 Å². The Morgan fingerprint density at radius 1 is 1.38 bits per heavy atom. The Hall–Kier alpha value is -1.96. The van der Waals surface area contributed by atoms with Gasteiger partial charge in [-0.1, -0.05) is 46.5 Å². The summed E-state index contributed by atoms with van der Waals surface area (Å²) in [6.45, 7) is 5.20. The predicted molar refractivity (Wildman–Crippen MR) is 110 cm³/mol. The van der Waals surface area contributed by atoms with Crippen molar-refractivity contribution in [1.29, 1.82) is 0 Å². The number of rotatable bonds is 6. The Morgan fingerprint density at radius 3 is 2.48 bits per heavy atom. The molecule has 0 saturated heterocycles. The first kappa shape index (κ1) is 23.3. The van der Waals surface area contributed by atoms with E-state index < -0.39 is 27.6 Å². The first-order valence-corrected chi connectivity index (χ1v) is 9.70. The normalized spacial score (nSPS) is 14.9. The van der Waals surface area contributed by atoms with Gasteiger partial charge in [0, 0.05) is 11.1 Å². The van der Waals surface area contributed by atoms with Gasteiger partial charge < -0.3 is 19.9 Å². The molecule has 1 aliphatic heterocycles. The number of fused-ring (bicyclic) bond motifs is 1. The molecule has 158 valence electrons. The summed E-state index contributed by atoms with van der Waals surface area (Å²) in [4.78, 5) is 37.0. The lowest BCUT2D eigenvalue weighted by atomic mass is 9.85. The molecule has 0 spiro atoms. The summed E-state index contributed by atoms with van der Waals surface area (Å²) < 4.78 is 8.27. The molecule has 1 atom stereocenters. The number of cyclic esters (lactones) is 1. The Labute approximate surface area is 182 Å². The molecule has 1 unspecified atom stereocenters. The van der Waals surface area contributed by atoms with E-state index in [4.69, 9.17) is 44.3 Å². The number of benzene rings is 1. The molecule has 10 heteroatoms. The number of aliphatic carboxylic acids is 1. The fraction of sp³-hybridized carbons (Fsp3) is 0.421. The van der Waals surface area contributed by atoms with E-state index in [2.05, 4.69) is 5.32 Å². The molecule has 0 saturated carbocycles. The summed E-state index contributed by atoms with van der Waals surface area (Å²) in [6, 6.07) is 0. The lowest BCUT2D eigenvalue weighted by molar-refractivity contribution is -0.138. The molecule has 0 radical (unpaired) electrons. The van der Waals surface area contributed by atoms with Crippen molar-refractivity contribution < 1.29 is 29.0 Å². The second-order valence-electron chi connectivity index (χ2n) is 6.56. The second kappa shape index (κ2) is 8.81. The number of allylic oxidation sites excluding steroid dienone is 2. The van der Waals surface area contributed by atoms with Crippen molar-refractivity contribution in [2.75, 3.05) is 12.4 Å². The van der Waals surface area contributed by atoms with Gasteiger partial charge in [-0.15, -0.1) is 0 Å². The van der Waals surface area contributed by atoms with Crippen molar-refractivity contribution in [3.63, 3.8) is 0 Å². The van der Waals surface area contributed by atoms with Gasteiger partial charge in [0.25, 0.3) is 9.70 Å². The number of nitrogens with one attached hydrogen (secondary N) is 1. The van der Waals surface area contributed by atoms with Gasteiger partial charge in [0.05, 0.1) is 24.3 Å². The van der Waals surface area contributed by atoms with E-state index in [9.17, 15) is 19.5 Å². The lowest BCUT2D eigenvalue weighted by Crippen LogP contribution is -2.29. The quantitative estimate of drug-likeness (QED) is 0.365. The molecule has 7 nitrogen and oxygen atoms in total. The van der Waals surface area contributed by atoms with Crippen LogP contribution < -0.4 is 10.1 Å². The third-order valence-corrected chi connectivity index (χ3v) is 5.29. The molecular formula is C19H20Cl3NO6. The molecule has 0 fully saturated rings. The predicted octanol–water partition coefficient (Wildman–Crippen LogP) is 4.51. The van der Waals surface area contributed by atoms with Gasteiger partial charge in [0.1, 0.15) is 12.4 Å². The SMILES string of the molecule is C/C=C(\C)CC(C(=O)O)c1c(NC(=O)C(Cl)(Cl)Cl)c2c(c(C)c1OC)COC2=O. The topological polar surface area (TPSA) is 102 Å². The molecule has 1 aromatic rings. The lowest BCUT2D eigenvalue weighted by Gasteiger charge is -2.25. The number of amides is 1. The zero-order valence-corrected chi connectivity index (χ0v) is 18.5. The average Bonchev–Trinajstić information content (AvgIpc) is 3.02. The number of alkyl halides is 3. The van der Waals surface area contributed by atoms with Gasteiger partial charge in [0.15, 0.2) is 0 Å². The zero-order chi connectivity index (χ0) is 22.1. The van der Waals surface area contributed by atoms with Crippen molar-refractivity contribution in [3.8, 4) is 5.75 Å². The minimum Gasteiger partial charge on any atom is -0.496 e. The van der Waals surface area contributed by atoms with Crippen LogP contribution in [0, 0.1) is 6.92 Å². The maximum Gasteiger partial charge on any atom is 0.341 e. The summed E-state index contributed by atoms with van der Waals surface area (Å²) in [5.74, 6) is -3.83. The van der Waals surface area contributed by atoms with Gasteiger partial charge in [0.2, 0.25) is 0 Å². The van der Waals surface area contributed by atoms with Crippen LogP contribution in [-0.2, 0) is 20.9 Å². The van der Waals surface area contributed by atoms with Crippen LogP contribution in [0.5, 0.6) is 5.75 Å². The van der Waals surface area contributed by atoms with E-state index in [0.29, 0.717) is 11.1 Å². The first-order chi connectivity index (χ1) is 13.4. The molecule has 1 aromatic carbocycles. The van der Waals surface area contributed by atoms with E-state index in [-0.39, 0.29) is 35.6 Å². The highest BCUT2D eigenvalue weighted by Crippen LogP contribution is 2.46. The van der Waals surface area contributed by atoms with Crippen LogP contribution in [0.1, 0.15) is 53.2 Å². The van der Waals surface area contributed by atoms with Crippen LogP contribution in [0.25, 0.3) is 0 Å². The standard InChI is InChI=1S/C19H20Cl3NO6/c1-5-8(2)6-10(16(24)25)12-14(23-18(27)19(20,21)22)13-11(7-29-17(13)26)9(3)15(12)28-4/h5,10H,6-7H2,1-4H3,(H,23,27)(H,24,25)/b8-5+. The van der Waals surface area contributed by atoms with E-state index in [1.807, 2.05) is 0 Å². The number of carbonyl (C=O) groups is 3. The van der Waals surface area contributed by atoms with E-state index >= 15 is 0 Å². The summed E-state index contributed by atoms with van der Waals surface area (Å²) in [5, 5.41) is 12.3. The fourth-order valence-corrected chi connectivity index (χ4v) is 3.35. The monoisotopic (exact) mass is 463 g/mol. The van der Waals surface area contributed by atoms with Gasteiger partial charge in [-0.3, -0.25) is 9.59 Å². The number of ether oxygens (including phenoxy) is 2. The molecule has 0 bridgehead atoms. The van der Waals surface area contributed by atoms with Gasteiger partial charge in [-0.2, -0.15) is 0 Å². The maximum atomic E-state index is 12.4. The molecule has 1 heterocycles. The number of anilines is 1. The molecule has 1 amide bonds. The van der Waals surface area contributed by atoms with Gasteiger partial charge >= 0.3 is 11.9 Å². The Morgan fingerprint density at radius 2 is 2.00 bits per heavy atom. The van der Waals surface area contributed by atoms with Crippen LogP contribution in [0.15, 0.2) is 11.6 Å². The number of hydrogen-bond donors (Lipinski definition) is 2. The highest BCUT2D eigenvalue weighted by Gasteiger charge is 2.40. The number of carbonyl (C=O) groups excluding carboxylic acids is 2.